The summed E-state index contributed by atoms with van der Waals surface area (Å²) in [6.07, 6.45) is 1.70. The quantitative estimate of drug-likeness (QED) is 0.0556. The zero-order chi connectivity index (χ0) is 28.8. The molecule has 0 bridgehead atoms. The van der Waals surface area contributed by atoms with Gasteiger partial charge in [-0.1, -0.05) is 6.08 Å². The maximum atomic E-state index is 10.6. The van der Waals surface area contributed by atoms with Crippen molar-refractivity contribution in [1.82, 2.24) is 0 Å². The van der Waals surface area contributed by atoms with Gasteiger partial charge in [-0.3, -0.25) is 10.1 Å². The Balaban J connectivity index is 1.68. The fourth-order valence-electron chi connectivity index (χ4n) is 2.81. The van der Waals surface area contributed by atoms with Crippen LogP contribution >= 0.6 is 0 Å². The molecule has 0 saturated carbocycles. The highest BCUT2D eigenvalue weighted by Crippen LogP contribution is 2.17. The van der Waals surface area contributed by atoms with Crippen LogP contribution in [-0.2, 0) is 42.6 Å². The highest BCUT2D eigenvalue weighted by atomic mass is 16.6. The molecule has 0 heterocycles. The van der Waals surface area contributed by atoms with Gasteiger partial charge in [0.1, 0.15) is 12.4 Å². The van der Waals surface area contributed by atoms with Crippen LogP contribution in [0.1, 0.15) is 0 Å². The molecule has 1 aromatic carbocycles. The number of rotatable bonds is 31. The van der Waals surface area contributed by atoms with Crippen LogP contribution in [0.15, 0.2) is 36.9 Å². The van der Waals surface area contributed by atoms with Crippen LogP contribution in [0.25, 0.3) is 0 Å². The molecule has 40 heavy (non-hydrogen) atoms. The first-order valence-corrected chi connectivity index (χ1v) is 13.4. The number of nitro groups is 1. The predicted molar refractivity (Wildman–Crippen MR) is 146 cm³/mol. The zero-order valence-corrected chi connectivity index (χ0v) is 23.4. The molecule has 13 nitrogen and oxygen atoms in total. The minimum atomic E-state index is -0.452. The number of benzene rings is 1. The van der Waals surface area contributed by atoms with E-state index in [1.54, 1.807) is 18.2 Å². The lowest BCUT2D eigenvalue weighted by Crippen LogP contribution is -2.15. The molecule has 1 rings (SSSR count). The normalized spacial score (nSPS) is 11.1. The lowest BCUT2D eigenvalue weighted by molar-refractivity contribution is -0.384. The fourth-order valence-corrected chi connectivity index (χ4v) is 2.81. The van der Waals surface area contributed by atoms with Gasteiger partial charge >= 0.3 is 0 Å². The lowest BCUT2D eigenvalue weighted by atomic mass is 10.3. The molecule has 0 aromatic heterocycles. The number of non-ortho nitro benzene ring substituents is 1. The number of ether oxygens (including phenoxy) is 10. The summed E-state index contributed by atoms with van der Waals surface area (Å²) in [5, 5.41) is 10.6. The summed E-state index contributed by atoms with van der Waals surface area (Å²) in [6.45, 7) is 12.8. The predicted octanol–water partition coefficient (Wildman–Crippen LogP) is 2.31. The van der Waals surface area contributed by atoms with Crippen molar-refractivity contribution in [2.24, 2.45) is 0 Å². The van der Waals surface area contributed by atoms with Crippen molar-refractivity contribution in [2.75, 3.05) is 126 Å². The van der Waals surface area contributed by atoms with Gasteiger partial charge in [0.15, 0.2) is 0 Å². The number of nitrogens with zero attached hydrogens (tertiary/aromatic N) is 1. The van der Waals surface area contributed by atoms with Gasteiger partial charge in [0, 0.05) is 12.1 Å². The van der Waals surface area contributed by atoms with Crippen LogP contribution < -0.4 is 4.74 Å². The minimum Gasteiger partial charge on any atom is -0.491 e. The highest BCUT2D eigenvalue weighted by Gasteiger charge is 2.04. The molecule has 230 valence electrons. The van der Waals surface area contributed by atoms with Crippen molar-refractivity contribution in [1.29, 1.82) is 0 Å². The summed E-state index contributed by atoms with van der Waals surface area (Å²) in [4.78, 5) is 10.2. The molecule has 1 aromatic rings. The van der Waals surface area contributed by atoms with Gasteiger partial charge in [-0.05, 0) is 12.1 Å². The first kappa shape index (κ1) is 35.8. The van der Waals surface area contributed by atoms with E-state index in [0.717, 1.165) is 0 Å². The van der Waals surface area contributed by atoms with Crippen LogP contribution in [0.5, 0.6) is 5.75 Å². The summed E-state index contributed by atoms with van der Waals surface area (Å²) >= 11 is 0. The third-order valence-electron chi connectivity index (χ3n) is 4.76. The molecular weight excluding hydrogens is 530 g/mol. The minimum absolute atomic E-state index is 0.0270. The second-order valence-electron chi connectivity index (χ2n) is 7.86. The summed E-state index contributed by atoms with van der Waals surface area (Å²) < 4.78 is 54.0. The van der Waals surface area contributed by atoms with Crippen molar-refractivity contribution < 1.29 is 52.3 Å². The Kier molecular flexibility index (Phi) is 25.4. The Morgan fingerprint density at radius 2 is 0.825 bits per heavy atom. The van der Waals surface area contributed by atoms with Crippen molar-refractivity contribution in [3.05, 3.63) is 47.0 Å². The van der Waals surface area contributed by atoms with Gasteiger partial charge in [0.25, 0.3) is 5.69 Å². The molecule has 0 amide bonds. The molecule has 0 saturated heterocycles. The van der Waals surface area contributed by atoms with Crippen LogP contribution in [0.4, 0.5) is 5.69 Å². The fraction of sp³-hybridized carbons (Fsp3) is 0.704. The highest BCUT2D eigenvalue weighted by molar-refractivity contribution is 5.35. The summed E-state index contributed by atoms with van der Waals surface area (Å²) in [5.41, 5.74) is 0.0270. The summed E-state index contributed by atoms with van der Waals surface area (Å²) in [6, 6.07) is 5.91. The summed E-state index contributed by atoms with van der Waals surface area (Å²) in [7, 11) is 0. The van der Waals surface area contributed by atoms with Crippen LogP contribution in [0, 0.1) is 10.1 Å². The van der Waals surface area contributed by atoms with E-state index in [2.05, 4.69) is 6.58 Å². The zero-order valence-electron chi connectivity index (χ0n) is 23.4. The average Bonchev–Trinajstić information content (AvgIpc) is 2.96. The Bertz CT molecular complexity index is 707. The third-order valence-corrected chi connectivity index (χ3v) is 4.76. The number of nitro benzene ring substituents is 1. The third kappa shape index (κ3) is 23.7. The molecule has 0 aliphatic heterocycles. The maximum absolute atomic E-state index is 10.6. The second-order valence-corrected chi connectivity index (χ2v) is 7.86. The Hall–Kier alpha value is -2.20. The van der Waals surface area contributed by atoms with Crippen molar-refractivity contribution in [3.63, 3.8) is 0 Å². The average molecular weight is 576 g/mol. The molecule has 0 unspecified atom stereocenters. The smallest absolute Gasteiger partial charge is 0.269 e. The van der Waals surface area contributed by atoms with E-state index >= 15 is 0 Å². The van der Waals surface area contributed by atoms with E-state index in [9.17, 15) is 10.1 Å². The standard InChI is InChI=1S/C27H45NO12/c1-2-7-31-8-9-32-10-11-33-12-13-34-14-15-35-16-17-36-18-19-37-20-21-38-22-23-39-24-25-40-27-5-3-26(4-6-27)28(29)30/h2-6H,1,7-25H2. The molecule has 0 aliphatic carbocycles. The van der Waals surface area contributed by atoms with E-state index in [1.807, 2.05) is 0 Å². The SMILES string of the molecule is C=CCOCCOCCOCCOCCOCCOCCOCCOCCOCCOc1ccc([N+](=O)[O-])cc1. The molecule has 0 spiro atoms. The lowest BCUT2D eigenvalue weighted by Gasteiger charge is -2.09. The molecular formula is C27H45NO12. The monoisotopic (exact) mass is 575 g/mol. The first-order chi connectivity index (χ1) is 19.7. The van der Waals surface area contributed by atoms with Crippen molar-refractivity contribution in [3.8, 4) is 5.75 Å². The van der Waals surface area contributed by atoms with Gasteiger partial charge in [-0.15, -0.1) is 6.58 Å². The Morgan fingerprint density at radius 1 is 0.525 bits per heavy atom. The van der Waals surface area contributed by atoms with Gasteiger partial charge < -0.3 is 47.4 Å². The second kappa shape index (κ2) is 28.3. The number of hydrogen-bond acceptors (Lipinski definition) is 12. The van der Waals surface area contributed by atoms with E-state index in [-0.39, 0.29) is 5.69 Å². The van der Waals surface area contributed by atoms with Crippen LogP contribution in [0.2, 0.25) is 0 Å². The van der Waals surface area contributed by atoms with E-state index in [4.69, 9.17) is 47.4 Å². The van der Waals surface area contributed by atoms with Crippen LogP contribution in [0.3, 0.4) is 0 Å². The molecule has 0 N–H and O–H groups in total. The first-order valence-electron chi connectivity index (χ1n) is 13.4. The molecule has 0 atom stereocenters. The molecule has 0 radical (unpaired) electrons. The topological polar surface area (TPSA) is 135 Å². The van der Waals surface area contributed by atoms with Gasteiger partial charge in [-0.2, -0.15) is 0 Å². The van der Waals surface area contributed by atoms with E-state index in [1.165, 1.54) is 12.1 Å². The van der Waals surface area contributed by atoms with Crippen molar-refractivity contribution >= 4 is 5.69 Å². The van der Waals surface area contributed by atoms with Crippen molar-refractivity contribution in [2.45, 2.75) is 0 Å². The molecule has 0 fully saturated rings. The van der Waals surface area contributed by atoms with Crippen LogP contribution in [-0.4, -0.2) is 130 Å². The van der Waals surface area contributed by atoms with Gasteiger partial charge in [0.05, 0.1) is 124 Å². The van der Waals surface area contributed by atoms with E-state index in [0.29, 0.717) is 131 Å². The maximum Gasteiger partial charge on any atom is 0.269 e. The Morgan fingerprint density at radius 3 is 1.12 bits per heavy atom. The molecule has 13 heteroatoms. The van der Waals surface area contributed by atoms with Gasteiger partial charge in [0.2, 0.25) is 0 Å². The summed E-state index contributed by atoms with van der Waals surface area (Å²) in [5.74, 6) is 0.558. The largest absolute Gasteiger partial charge is 0.491 e. The number of hydrogen-bond donors (Lipinski definition) is 0. The Labute approximate surface area is 236 Å². The van der Waals surface area contributed by atoms with E-state index < -0.39 is 4.92 Å². The van der Waals surface area contributed by atoms with Gasteiger partial charge in [-0.25, -0.2) is 0 Å². The molecule has 0 aliphatic rings.